The number of piperidine rings is 1. The third-order valence-electron chi connectivity index (χ3n) is 2.89. The lowest BCUT2D eigenvalue weighted by atomic mass is 9.95. The first kappa shape index (κ1) is 10.5. The smallest absolute Gasteiger partial charge is 0.253 e. The zero-order valence-corrected chi connectivity index (χ0v) is 8.62. The molecule has 0 saturated carbocycles. The van der Waals surface area contributed by atoms with Crippen LogP contribution in [0.5, 0.6) is 0 Å². The summed E-state index contributed by atoms with van der Waals surface area (Å²) in [6, 6.07) is 1.76. The monoisotopic (exact) mass is 216 g/mol. The van der Waals surface area contributed by atoms with E-state index >= 15 is 0 Å². The van der Waals surface area contributed by atoms with Gasteiger partial charge in [-0.3, -0.25) is 4.90 Å². The third-order valence-corrected chi connectivity index (χ3v) is 2.89. The Bertz CT molecular complexity index is 313. The fourth-order valence-corrected chi connectivity index (χ4v) is 1.86. The molecule has 1 atom stereocenters. The van der Waals surface area contributed by atoms with Crippen LogP contribution in [0.4, 0.5) is 8.78 Å². The first-order valence-corrected chi connectivity index (χ1v) is 5.07. The van der Waals surface area contributed by atoms with Gasteiger partial charge in [-0.1, -0.05) is 12.1 Å². The molecule has 1 aliphatic rings. The molecule has 1 aliphatic heterocycles. The highest BCUT2D eigenvalue weighted by Crippen LogP contribution is 2.33. The average Bonchev–Trinajstić information content (AvgIpc) is 2.65. The molecular weight excluding hydrogens is 202 g/mol. The molecule has 5 heteroatoms. The molecule has 2 heterocycles. The molecule has 0 spiro atoms. The Hall–Kier alpha value is -0.970. The van der Waals surface area contributed by atoms with Crippen molar-refractivity contribution in [3.05, 3.63) is 18.0 Å². The summed E-state index contributed by atoms with van der Waals surface area (Å²) in [5.41, 5.74) is 0.799. The summed E-state index contributed by atoms with van der Waals surface area (Å²) >= 11 is 0. The SMILES string of the molecule is C[C@H]1CN(Cc2ccon2)CCC1(F)F. The van der Waals surface area contributed by atoms with E-state index in [4.69, 9.17) is 4.52 Å². The van der Waals surface area contributed by atoms with Crippen molar-refractivity contribution in [1.29, 1.82) is 0 Å². The number of hydrogen-bond acceptors (Lipinski definition) is 3. The van der Waals surface area contributed by atoms with E-state index in [-0.39, 0.29) is 6.42 Å². The van der Waals surface area contributed by atoms with Gasteiger partial charge in [0.2, 0.25) is 0 Å². The molecule has 0 aromatic carbocycles. The van der Waals surface area contributed by atoms with E-state index in [1.807, 2.05) is 4.90 Å². The quantitative estimate of drug-likeness (QED) is 0.758. The first-order valence-electron chi connectivity index (χ1n) is 5.07. The Morgan fingerprint density at radius 1 is 1.67 bits per heavy atom. The van der Waals surface area contributed by atoms with Gasteiger partial charge in [0.15, 0.2) is 0 Å². The molecule has 0 bridgehead atoms. The number of hydrogen-bond donors (Lipinski definition) is 0. The summed E-state index contributed by atoms with van der Waals surface area (Å²) in [6.07, 6.45) is 1.43. The van der Waals surface area contributed by atoms with Crippen LogP contribution in [0.25, 0.3) is 0 Å². The zero-order chi connectivity index (χ0) is 10.9. The molecule has 0 radical (unpaired) electrons. The maximum absolute atomic E-state index is 13.2. The lowest BCUT2D eigenvalue weighted by Gasteiger charge is -2.36. The minimum atomic E-state index is -2.51. The number of nitrogens with zero attached hydrogens (tertiary/aromatic N) is 2. The van der Waals surface area contributed by atoms with E-state index in [0.29, 0.717) is 19.6 Å². The van der Waals surface area contributed by atoms with Gasteiger partial charge >= 0.3 is 0 Å². The molecule has 0 unspecified atom stereocenters. The van der Waals surface area contributed by atoms with E-state index < -0.39 is 11.8 Å². The van der Waals surface area contributed by atoms with Gasteiger partial charge in [0.25, 0.3) is 5.92 Å². The number of likely N-dealkylation sites (tertiary alicyclic amines) is 1. The molecule has 3 nitrogen and oxygen atoms in total. The van der Waals surface area contributed by atoms with Gasteiger partial charge in [0.05, 0.1) is 5.69 Å². The fraction of sp³-hybridized carbons (Fsp3) is 0.700. The maximum Gasteiger partial charge on any atom is 0.253 e. The van der Waals surface area contributed by atoms with Crippen molar-refractivity contribution in [2.75, 3.05) is 13.1 Å². The van der Waals surface area contributed by atoms with Gasteiger partial charge in [0.1, 0.15) is 6.26 Å². The average molecular weight is 216 g/mol. The van der Waals surface area contributed by atoms with Crippen molar-refractivity contribution in [2.45, 2.75) is 25.8 Å². The van der Waals surface area contributed by atoms with E-state index in [9.17, 15) is 8.78 Å². The summed E-state index contributed by atoms with van der Waals surface area (Å²) in [5, 5.41) is 3.77. The minimum Gasteiger partial charge on any atom is -0.364 e. The Morgan fingerprint density at radius 2 is 2.47 bits per heavy atom. The highest BCUT2D eigenvalue weighted by atomic mass is 19.3. The van der Waals surface area contributed by atoms with E-state index in [0.717, 1.165) is 5.69 Å². The van der Waals surface area contributed by atoms with E-state index in [1.165, 1.54) is 6.26 Å². The number of rotatable bonds is 2. The molecule has 84 valence electrons. The highest BCUT2D eigenvalue weighted by molar-refractivity contribution is 4.96. The van der Waals surface area contributed by atoms with Crippen molar-refractivity contribution < 1.29 is 13.3 Å². The Balaban J connectivity index is 1.92. The lowest BCUT2D eigenvalue weighted by Crippen LogP contribution is -2.45. The molecule has 1 fully saturated rings. The van der Waals surface area contributed by atoms with Crippen LogP contribution in [-0.4, -0.2) is 29.1 Å². The highest BCUT2D eigenvalue weighted by Gasteiger charge is 2.40. The van der Waals surface area contributed by atoms with Crippen LogP contribution < -0.4 is 0 Å². The lowest BCUT2D eigenvalue weighted by molar-refractivity contribution is -0.100. The zero-order valence-electron chi connectivity index (χ0n) is 8.62. The van der Waals surface area contributed by atoms with Gasteiger partial charge in [-0.2, -0.15) is 0 Å². The summed E-state index contributed by atoms with van der Waals surface area (Å²) in [5.74, 6) is -3.10. The molecule has 1 aromatic heterocycles. The molecule has 0 N–H and O–H groups in total. The van der Waals surface area contributed by atoms with Crippen molar-refractivity contribution >= 4 is 0 Å². The molecule has 0 aliphatic carbocycles. The molecule has 2 rings (SSSR count). The van der Waals surface area contributed by atoms with Crippen LogP contribution in [-0.2, 0) is 6.54 Å². The summed E-state index contributed by atoms with van der Waals surface area (Å²) < 4.78 is 31.1. The van der Waals surface area contributed by atoms with Gasteiger partial charge in [-0.05, 0) is 0 Å². The second kappa shape index (κ2) is 3.89. The van der Waals surface area contributed by atoms with Crippen LogP contribution in [0, 0.1) is 5.92 Å². The van der Waals surface area contributed by atoms with Crippen LogP contribution >= 0.6 is 0 Å². The van der Waals surface area contributed by atoms with Gasteiger partial charge in [-0.15, -0.1) is 0 Å². The Morgan fingerprint density at radius 3 is 3.07 bits per heavy atom. The van der Waals surface area contributed by atoms with Gasteiger partial charge in [-0.25, -0.2) is 8.78 Å². The molecule has 15 heavy (non-hydrogen) atoms. The van der Waals surface area contributed by atoms with Crippen molar-refractivity contribution in [2.24, 2.45) is 5.92 Å². The second-order valence-electron chi connectivity index (χ2n) is 4.14. The van der Waals surface area contributed by atoms with Crippen molar-refractivity contribution in [3.8, 4) is 0 Å². The van der Waals surface area contributed by atoms with Crippen LogP contribution in [0.3, 0.4) is 0 Å². The summed E-state index contributed by atoms with van der Waals surface area (Å²) in [4.78, 5) is 1.99. The van der Waals surface area contributed by atoms with E-state index in [1.54, 1.807) is 13.0 Å². The Labute approximate surface area is 87.0 Å². The van der Waals surface area contributed by atoms with Gasteiger partial charge < -0.3 is 4.52 Å². The molecule has 1 saturated heterocycles. The molecule has 0 amide bonds. The van der Waals surface area contributed by atoms with Crippen molar-refractivity contribution in [1.82, 2.24) is 10.1 Å². The predicted octanol–water partition coefficient (Wildman–Crippen LogP) is 2.15. The topological polar surface area (TPSA) is 29.3 Å². The third kappa shape index (κ3) is 2.34. The standard InChI is InChI=1S/C10H14F2N2O/c1-8-6-14(4-3-10(8,11)12)7-9-2-5-15-13-9/h2,5,8H,3-4,6-7H2,1H3/t8-/m0/s1. The van der Waals surface area contributed by atoms with Crippen LogP contribution in [0.2, 0.25) is 0 Å². The van der Waals surface area contributed by atoms with Crippen LogP contribution in [0.15, 0.2) is 16.9 Å². The van der Waals surface area contributed by atoms with E-state index in [2.05, 4.69) is 5.16 Å². The largest absolute Gasteiger partial charge is 0.364 e. The first-order chi connectivity index (χ1) is 7.08. The maximum atomic E-state index is 13.2. The Kier molecular flexibility index (Phi) is 2.73. The fourth-order valence-electron chi connectivity index (χ4n) is 1.86. The molecule has 1 aromatic rings. The normalized spacial score (nSPS) is 26.7. The summed E-state index contributed by atoms with van der Waals surface area (Å²) in [6.45, 7) is 3.02. The van der Waals surface area contributed by atoms with Crippen LogP contribution in [0.1, 0.15) is 19.0 Å². The summed E-state index contributed by atoms with van der Waals surface area (Å²) in [7, 11) is 0. The minimum absolute atomic E-state index is 0.0635. The second-order valence-corrected chi connectivity index (χ2v) is 4.14. The molecular formula is C10H14F2N2O. The predicted molar refractivity (Wildman–Crippen MR) is 50.5 cm³/mol. The number of alkyl halides is 2. The number of halogens is 2. The van der Waals surface area contributed by atoms with Gasteiger partial charge in [0, 0.05) is 38.0 Å². The van der Waals surface area contributed by atoms with Crippen molar-refractivity contribution in [3.63, 3.8) is 0 Å². The number of aromatic nitrogens is 1.